The van der Waals surface area contributed by atoms with E-state index < -0.39 is 0 Å². The summed E-state index contributed by atoms with van der Waals surface area (Å²) >= 11 is 0. The summed E-state index contributed by atoms with van der Waals surface area (Å²) < 4.78 is 0. The van der Waals surface area contributed by atoms with E-state index in [1.165, 1.54) is 6.21 Å². The van der Waals surface area contributed by atoms with E-state index in [-0.39, 0.29) is 18.4 Å². The summed E-state index contributed by atoms with van der Waals surface area (Å²) in [6, 6.07) is 0. The summed E-state index contributed by atoms with van der Waals surface area (Å²) in [5, 5.41) is 8.38. The first-order valence-corrected chi connectivity index (χ1v) is 3.58. The van der Waals surface area contributed by atoms with Crippen LogP contribution in [0, 0.1) is 5.92 Å². The Balaban J connectivity index is 3.48. The van der Waals surface area contributed by atoms with E-state index in [4.69, 9.17) is 10.8 Å². The fraction of sp³-hybridized carbons (Fsp3) is 0.714. The Morgan fingerprint density at radius 2 is 2.45 bits per heavy atom. The van der Waals surface area contributed by atoms with Gasteiger partial charge >= 0.3 is 0 Å². The van der Waals surface area contributed by atoms with Crippen molar-refractivity contribution in [1.82, 2.24) is 0 Å². The van der Waals surface area contributed by atoms with Crippen molar-refractivity contribution >= 4 is 12.1 Å². The van der Waals surface area contributed by atoms with Gasteiger partial charge in [0.2, 0.25) is 5.91 Å². The smallest absolute Gasteiger partial charge is 0.225 e. The number of carbonyl (C=O) groups is 1. The van der Waals surface area contributed by atoms with Crippen LogP contribution in [0.5, 0.6) is 0 Å². The molecule has 0 aliphatic heterocycles. The number of amides is 1. The van der Waals surface area contributed by atoms with Crippen molar-refractivity contribution in [1.29, 1.82) is 0 Å². The first-order chi connectivity index (χ1) is 5.18. The molecule has 0 bridgehead atoms. The van der Waals surface area contributed by atoms with Gasteiger partial charge < -0.3 is 10.8 Å². The average Bonchev–Trinajstić information content (AvgIpc) is 1.97. The highest BCUT2D eigenvalue weighted by molar-refractivity contribution is 5.91. The second kappa shape index (κ2) is 5.85. The number of primary amides is 1. The Kier molecular flexibility index (Phi) is 5.37. The number of aliphatic hydroxyl groups excluding tert-OH is 1. The molecule has 1 atom stereocenters. The molecule has 11 heavy (non-hydrogen) atoms. The normalized spacial score (nSPS) is 13.6. The largest absolute Gasteiger partial charge is 0.396 e. The first kappa shape index (κ1) is 10.1. The molecule has 0 aromatic heterocycles. The quantitative estimate of drug-likeness (QED) is 0.420. The molecule has 0 aromatic rings. The van der Waals surface area contributed by atoms with Gasteiger partial charge in [-0.3, -0.25) is 9.79 Å². The molecule has 0 fully saturated rings. The molecule has 64 valence electrons. The average molecular weight is 158 g/mol. The highest BCUT2D eigenvalue weighted by atomic mass is 16.3. The number of nitrogens with two attached hydrogens (primary N) is 1. The van der Waals surface area contributed by atoms with Gasteiger partial charge in [-0.15, -0.1) is 0 Å². The highest BCUT2D eigenvalue weighted by Gasteiger charge is 2.02. The number of carbonyl (C=O) groups excluding carboxylic acids is 1. The summed E-state index contributed by atoms with van der Waals surface area (Å²) in [4.78, 5) is 14.3. The van der Waals surface area contributed by atoms with Crippen molar-refractivity contribution in [2.45, 2.75) is 13.3 Å². The third-order valence-corrected chi connectivity index (χ3v) is 1.22. The van der Waals surface area contributed by atoms with Gasteiger partial charge in [-0.1, -0.05) is 0 Å². The number of aliphatic hydroxyl groups is 1. The molecule has 0 aromatic carbocycles. The van der Waals surface area contributed by atoms with Gasteiger partial charge in [0.15, 0.2) is 0 Å². The Hall–Kier alpha value is -0.900. The van der Waals surface area contributed by atoms with Crippen LogP contribution in [-0.4, -0.2) is 30.4 Å². The lowest BCUT2D eigenvalue weighted by Crippen LogP contribution is -2.21. The molecule has 3 N–H and O–H groups in total. The van der Waals surface area contributed by atoms with E-state index in [1.807, 2.05) is 0 Å². The zero-order valence-electron chi connectivity index (χ0n) is 6.66. The predicted molar refractivity (Wildman–Crippen MR) is 43.4 cm³/mol. The van der Waals surface area contributed by atoms with E-state index in [2.05, 4.69) is 4.99 Å². The topological polar surface area (TPSA) is 75.7 Å². The van der Waals surface area contributed by atoms with E-state index >= 15 is 0 Å². The Morgan fingerprint density at radius 1 is 1.82 bits per heavy atom. The number of nitrogens with zero attached hydrogens (tertiary/aromatic N) is 1. The van der Waals surface area contributed by atoms with Crippen LogP contribution in [-0.2, 0) is 4.79 Å². The maximum absolute atomic E-state index is 10.4. The maximum Gasteiger partial charge on any atom is 0.225 e. The molecule has 1 unspecified atom stereocenters. The van der Waals surface area contributed by atoms with E-state index in [9.17, 15) is 4.79 Å². The maximum atomic E-state index is 10.4. The van der Waals surface area contributed by atoms with Crippen molar-refractivity contribution in [2.24, 2.45) is 16.6 Å². The van der Waals surface area contributed by atoms with Gasteiger partial charge in [-0.25, -0.2) is 0 Å². The van der Waals surface area contributed by atoms with Crippen LogP contribution >= 0.6 is 0 Å². The van der Waals surface area contributed by atoms with Crippen LogP contribution in [0.4, 0.5) is 0 Å². The number of aliphatic imine (C=N–C) groups is 1. The zero-order valence-corrected chi connectivity index (χ0v) is 6.66. The van der Waals surface area contributed by atoms with Gasteiger partial charge in [0.05, 0.1) is 5.92 Å². The van der Waals surface area contributed by atoms with E-state index in [0.29, 0.717) is 13.0 Å². The Morgan fingerprint density at radius 3 is 2.91 bits per heavy atom. The summed E-state index contributed by atoms with van der Waals surface area (Å²) in [5.74, 6) is -0.688. The van der Waals surface area contributed by atoms with Gasteiger partial charge in [-0.2, -0.15) is 0 Å². The third kappa shape index (κ3) is 5.54. The van der Waals surface area contributed by atoms with Crippen molar-refractivity contribution in [3.63, 3.8) is 0 Å². The van der Waals surface area contributed by atoms with Crippen LogP contribution in [0.15, 0.2) is 4.99 Å². The van der Waals surface area contributed by atoms with Gasteiger partial charge in [0.25, 0.3) is 0 Å². The first-order valence-electron chi connectivity index (χ1n) is 3.58. The number of hydrogen-bond acceptors (Lipinski definition) is 3. The van der Waals surface area contributed by atoms with Crippen molar-refractivity contribution in [3.05, 3.63) is 0 Å². The number of hydrogen-bond donors (Lipinski definition) is 2. The molecule has 4 nitrogen and oxygen atoms in total. The van der Waals surface area contributed by atoms with Crippen LogP contribution in [0.25, 0.3) is 0 Å². The van der Waals surface area contributed by atoms with Crippen molar-refractivity contribution in [2.75, 3.05) is 13.2 Å². The monoisotopic (exact) mass is 158 g/mol. The molecule has 0 radical (unpaired) electrons. The van der Waals surface area contributed by atoms with Crippen LogP contribution in [0.2, 0.25) is 0 Å². The minimum absolute atomic E-state index is 0.127. The van der Waals surface area contributed by atoms with E-state index in [0.717, 1.165) is 0 Å². The van der Waals surface area contributed by atoms with Gasteiger partial charge in [0.1, 0.15) is 0 Å². The second-order valence-electron chi connectivity index (χ2n) is 2.32. The molecular weight excluding hydrogens is 144 g/mol. The molecule has 0 aliphatic carbocycles. The molecule has 1 amide bonds. The SMILES string of the molecule is CC(C=NCCCO)C(N)=O. The second-order valence-corrected chi connectivity index (χ2v) is 2.32. The molecule has 0 rings (SSSR count). The minimum atomic E-state index is -0.377. The van der Waals surface area contributed by atoms with Crippen LogP contribution < -0.4 is 5.73 Å². The van der Waals surface area contributed by atoms with Gasteiger partial charge in [0, 0.05) is 19.4 Å². The standard InChI is InChI=1S/C7H14N2O2/c1-6(7(8)11)5-9-3-2-4-10/h5-6,10H,2-4H2,1H3,(H2,8,11). The summed E-state index contributed by atoms with van der Waals surface area (Å²) in [5.41, 5.74) is 4.97. The number of rotatable bonds is 5. The lowest BCUT2D eigenvalue weighted by molar-refractivity contribution is -0.119. The van der Waals surface area contributed by atoms with E-state index in [1.54, 1.807) is 6.92 Å². The molecule has 0 heterocycles. The summed E-state index contributed by atoms with van der Waals surface area (Å²) in [6.07, 6.45) is 2.14. The van der Waals surface area contributed by atoms with Crippen LogP contribution in [0.3, 0.4) is 0 Å². The molecule has 4 heteroatoms. The Labute approximate surface area is 66.1 Å². The molecular formula is C7H14N2O2. The third-order valence-electron chi connectivity index (χ3n) is 1.22. The molecule has 0 aliphatic rings. The van der Waals surface area contributed by atoms with Gasteiger partial charge in [-0.05, 0) is 13.3 Å². The summed E-state index contributed by atoms with van der Waals surface area (Å²) in [7, 11) is 0. The fourth-order valence-corrected chi connectivity index (χ4v) is 0.468. The van der Waals surface area contributed by atoms with Crippen LogP contribution in [0.1, 0.15) is 13.3 Å². The zero-order chi connectivity index (χ0) is 8.69. The lowest BCUT2D eigenvalue weighted by atomic mass is 10.2. The summed E-state index contributed by atoms with van der Waals surface area (Å²) in [6.45, 7) is 2.36. The Bertz CT molecular complexity index is 145. The predicted octanol–water partition coefficient (Wildman–Crippen LogP) is -0.439. The highest BCUT2D eigenvalue weighted by Crippen LogP contribution is 1.88. The lowest BCUT2D eigenvalue weighted by Gasteiger charge is -1.97. The molecule has 0 saturated heterocycles. The van der Waals surface area contributed by atoms with Crippen molar-refractivity contribution in [3.8, 4) is 0 Å². The molecule has 0 spiro atoms. The fourth-order valence-electron chi connectivity index (χ4n) is 0.468. The minimum Gasteiger partial charge on any atom is -0.396 e. The molecule has 0 saturated carbocycles. The van der Waals surface area contributed by atoms with Crippen molar-refractivity contribution < 1.29 is 9.90 Å².